The van der Waals surface area contributed by atoms with Gasteiger partial charge in [-0.2, -0.15) is 0 Å². The van der Waals surface area contributed by atoms with Crippen molar-refractivity contribution in [1.82, 2.24) is 0 Å². The summed E-state index contributed by atoms with van der Waals surface area (Å²) in [4.78, 5) is 0. The van der Waals surface area contributed by atoms with Crippen LogP contribution >= 0.6 is 15.8 Å². The second-order valence-corrected chi connectivity index (χ2v) is 18.1. The molecule has 2 unspecified atom stereocenters. The van der Waals surface area contributed by atoms with Gasteiger partial charge in [0.25, 0.3) is 0 Å². The lowest BCUT2D eigenvalue weighted by atomic mass is 9.74. The molecule has 0 amide bonds. The highest BCUT2D eigenvalue weighted by atomic mass is 31.1. The third-order valence-electron chi connectivity index (χ3n) is 9.84. The van der Waals surface area contributed by atoms with Gasteiger partial charge in [0, 0.05) is 0 Å². The largest absolute Gasteiger partial charge is 0.0985 e. The molecule has 1 saturated carbocycles. The predicted molar refractivity (Wildman–Crippen MR) is 207 cm³/mol. The fraction of sp³-hybridized carbons (Fsp3) is 0.227. The van der Waals surface area contributed by atoms with Crippen LogP contribution in [0.3, 0.4) is 0 Å². The number of allylic oxidation sites excluding steroid dienone is 1. The molecule has 2 atom stereocenters. The molecule has 0 bridgehead atoms. The first-order valence-corrected chi connectivity index (χ1v) is 19.5. The van der Waals surface area contributed by atoms with Crippen molar-refractivity contribution < 1.29 is 0 Å². The SMILES string of the molecule is C=Cc1ccc(C=CCCC(C)(C)C2CC(P(c3ccccc3)c3ccccc3)C(P(c3ccccc3)c3ccccc3)C2)cc1. The fourth-order valence-electron chi connectivity index (χ4n) is 7.23. The predicted octanol–water partition coefficient (Wildman–Crippen LogP) is 10.6. The highest BCUT2D eigenvalue weighted by Gasteiger charge is 2.48. The molecule has 1 aliphatic rings. The summed E-state index contributed by atoms with van der Waals surface area (Å²) in [5.74, 6) is 0.664. The molecule has 0 nitrogen and oxygen atoms in total. The van der Waals surface area contributed by atoms with E-state index in [4.69, 9.17) is 0 Å². The molecule has 1 fully saturated rings. The molecule has 6 rings (SSSR count). The Balaban J connectivity index is 1.35. The molecule has 0 aromatic heterocycles. The van der Waals surface area contributed by atoms with Crippen LogP contribution in [-0.4, -0.2) is 11.3 Å². The molecule has 2 heteroatoms. The molecule has 0 radical (unpaired) electrons. The van der Waals surface area contributed by atoms with E-state index in [-0.39, 0.29) is 5.41 Å². The maximum absolute atomic E-state index is 3.89. The second-order valence-electron chi connectivity index (χ2n) is 13.2. The van der Waals surface area contributed by atoms with E-state index in [1.54, 1.807) is 0 Å². The smallest absolute Gasteiger partial charge is 0.00522 e. The normalized spacial score (nSPS) is 18.4. The van der Waals surface area contributed by atoms with E-state index in [1.807, 2.05) is 6.08 Å². The first-order valence-electron chi connectivity index (χ1n) is 16.7. The molecule has 1 aliphatic carbocycles. The highest BCUT2D eigenvalue weighted by Crippen LogP contribution is 2.62. The van der Waals surface area contributed by atoms with Crippen LogP contribution in [0.1, 0.15) is 50.7 Å². The maximum Gasteiger partial charge on any atom is -0.00522 e. The summed E-state index contributed by atoms with van der Waals surface area (Å²) in [7, 11) is -1.07. The summed E-state index contributed by atoms with van der Waals surface area (Å²) in [6.07, 6.45) is 11.4. The standard InChI is InChI=1S/C44H46P2/c1-4-35-28-30-36(31-29-35)19-17-18-32-44(2,3)37-33-42(45(38-20-9-5-10-21-38)39-22-11-6-12-23-39)43(34-37)46(40-24-13-7-14-25-40)41-26-15-8-16-27-41/h4-17,19-31,37,42-43H,1,18,32-34H2,2-3H3. The van der Waals surface area contributed by atoms with Crippen LogP contribution in [0, 0.1) is 11.3 Å². The van der Waals surface area contributed by atoms with Crippen LogP contribution in [0.2, 0.25) is 0 Å². The summed E-state index contributed by atoms with van der Waals surface area (Å²) in [6, 6.07) is 54.5. The van der Waals surface area contributed by atoms with E-state index >= 15 is 0 Å². The third kappa shape index (κ3) is 7.69. The van der Waals surface area contributed by atoms with Crippen LogP contribution in [-0.2, 0) is 0 Å². The monoisotopic (exact) mass is 636 g/mol. The lowest BCUT2D eigenvalue weighted by molar-refractivity contribution is 0.201. The molecule has 232 valence electrons. The van der Waals surface area contributed by atoms with Gasteiger partial charge in [-0.05, 0) is 96.5 Å². The van der Waals surface area contributed by atoms with E-state index in [2.05, 4.69) is 178 Å². The van der Waals surface area contributed by atoms with Crippen molar-refractivity contribution in [2.75, 3.05) is 0 Å². The van der Waals surface area contributed by atoms with Crippen LogP contribution < -0.4 is 21.2 Å². The van der Waals surface area contributed by atoms with Crippen LogP contribution in [0.15, 0.2) is 158 Å². The molecule has 5 aromatic carbocycles. The lowest BCUT2D eigenvalue weighted by Gasteiger charge is -2.35. The van der Waals surface area contributed by atoms with E-state index < -0.39 is 15.8 Å². The minimum Gasteiger partial charge on any atom is -0.0985 e. The quantitative estimate of drug-likeness (QED) is 0.120. The van der Waals surface area contributed by atoms with Gasteiger partial charge in [0.15, 0.2) is 0 Å². The molecule has 0 aliphatic heterocycles. The minimum absolute atomic E-state index is 0.243. The Morgan fingerprint density at radius 2 is 0.935 bits per heavy atom. The van der Waals surface area contributed by atoms with Crippen LogP contribution in [0.5, 0.6) is 0 Å². The van der Waals surface area contributed by atoms with E-state index in [9.17, 15) is 0 Å². The fourth-order valence-corrected chi connectivity index (χ4v) is 14.0. The zero-order valence-electron chi connectivity index (χ0n) is 27.3. The number of benzene rings is 5. The molecule has 46 heavy (non-hydrogen) atoms. The average molecular weight is 637 g/mol. The Hall–Kier alpha value is -3.56. The first kappa shape index (κ1) is 32.4. The summed E-state index contributed by atoms with van der Waals surface area (Å²) in [6.45, 7) is 8.98. The third-order valence-corrected chi connectivity index (χ3v) is 16.0. The molecular formula is C44H46P2. The molecular weight excluding hydrogens is 590 g/mol. The van der Waals surface area contributed by atoms with Crippen molar-refractivity contribution in [3.63, 3.8) is 0 Å². The average Bonchev–Trinajstić information content (AvgIpc) is 3.54. The summed E-state index contributed by atoms with van der Waals surface area (Å²) < 4.78 is 0. The first-order chi connectivity index (χ1) is 22.5. The lowest BCUT2D eigenvalue weighted by Crippen LogP contribution is -2.31. The van der Waals surface area contributed by atoms with Crippen LogP contribution in [0.4, 0.5) is 0 Å². The Morgan fingerprint density at radius 1 is 0.565 bits per heavy atom. The highest BCUT2D eigenvalue weighted by molar-refractivity contribution is 7.77. The van der Waals surface area contributed by atoms with Crippen LogP contribution in [0.25, 0.3) is 12.2 Å². The molecule has 0 spiro atoms. The van der Waals surface area contributed by atoms with E-state index in [1.165, 1.54) is 51.6 Å². The Bertz CT molecular complexity index is 1510. The Labute approximate surface area is 279 Å². The Kier molecular flexibility index (Phi) is 10.8. The second kappa shape index (κ2) is 15.4. The van der Waals surface area contributed by atoms with Crippen molar-refractivity contribution >= 4 is 49.2 Å². The summed E-state index contributed by atoms with van der Waals surface area (Å²) in [5, 5.41) is 6.05. The molecule has 0 saturated heterocycles. The van der Waals surface area contributed by atoms with Crippen molar-refractivity contribution in [2.24, 2.45) is 11.3 Å². The van der Waals surface area contributed by atoms with Gasteiger partial charge in [0.1, 0.15) is 0 Å². The van der Waals surface area contributed by atoms with Gasteiger partial charge < -0.3 is 0 Å². The van der Waals surface area contributed by atoms with Crippen molar-refractivity contribution in [3.8, 4) is 0 Å². The van der Waals surface area contributed by atoms with Crippen molar-refractivity contribution in [1.29, 1.82) is 0 Å². The van der Waals surface area contributed by atoms with E-state index in [0.717, 1.165) is 6.42 Å². The van der Waals surface area contributed by atoms with Gasteiger partial charge in [-0.15, -0.1) is 0 Å². The van der Waals surface area contributed by atoms with Gasteiger partial charge in [-0.25, -0.2) is 0 Å². The minimum atomic E-state index is -0.534. The zero-order chi connectivity index (χ0) is 31.8. The maximum atomic E-state index is 3.89. The zero-order valence-corrected chi connectivity index (χ0v) is 29.0. The topological polar surface area (TPSA) is 0 Å². The number of rotatable bonds is 12. The van der Waals surface area contributed by atoms with Gasteiger partial charge >= 0.3 is 0 Å². The summed E-state index contributed by atoms with van der Waals surface area (Å²) in [5.41, 5.74) is 3.88. The van der Waals surface area contributed by atoms with Gasteiger partial charge in [-0.1, -0.05) is 184 Å². The van der Waals surface area contributed by atoms with Gasteiger partial charge in [0.2, 0.25) is 0 Å². The number of hydrogen-bond donors (Lipinski definition) is 0. The molecule has 5 aromatic rings. The molecule has 0 N–H and O–H groups in total. The van der Waals surface area contributed by atoms with Gasteiger partial charge in [-0.3, -0.25) is 0 Å². The van der Waals surface area contributed by atoms with Crippen molar-refractivity contribution in [2.45, 2.75) is 50.8 Å². The molecule has 0 heterocycles. The summed E-state index contributed by atoms with van der Waals surface area (Å²) >= 11 is 0. The van der Waals surface area contributed by atoms with E-state index in [0.29, 0.717) is 17.2 Å². The number of hydrogen-bond acceptors (Lipinski definition) is 0. The van der Waals surface area contributed by atoms with Gasteiger partial charge in [0.05, 0.1) is 0 Å². The Morgan fingerprint density at radius 3 is 1.30 bits per heavy atom. The van der Waals surface area contributed by atoms with Crippen molar-refractivity contribution in [3.05, 3.63) is 169 Å².